The molecule has 3 nitrogen and oxygen atoms in total. The van der Waals surface area contributed by atoms with E-state index in [1.807, 2.05) is 0 Å². The number of carboxylic acids is 1. The Kier molecular flexibility index (Phi) is 6.57. The maximum Gasteiger partial charge on any atom is 0.307 e. The Morgan fingerprint density at radius 3 is 1.67 bits per heavy atom. The van der Waals surface area contributed by atoms with Crippen molar-refractivity contribution in [3.8, 4) is 0 Å². The van der Waals surface area contributed by atoms with Gasteiger partial charge >= 0.3 is 5.97 Å². The van der Waals surface area contributed by atoms with E-state index in [9.17, 15) is 4.79 Å². The van der Waals surface area contributed by atoms with E-state index in [1.54, 1.807) is 6.92 Å². The van der Waals surface area contributed by atoms with Crippen molar-refractivity contribution in [2.45, 2.75) is 34.6 Å². The lowest BCUT2D eigenvalue weighted by Crippen LogP contribution is -2.36. The zero-order valence-corrected chi connectivity index (χ0v) is 10.7. The van der Waals surface area contributed by atoms with Gasteiger partial charge in [0.25, 0.3) is 0 Å². The van der Waals surface area contributed by atoms with Gasteiger partial charge in [-0.15, -0.1) is 0 Å². The molecule has 0 aromatic carbocycles. The largest absolute Gasteiger partial charge is 0.481 e. The third-order valence-corrected chi connectivity index (χ3v) is 2.20. The first-order valence-electron chi connectivity index (χ1n) is 5.78. The smallest absolute Gasteiger partial charge is 0.307 e. The summed E-state index contributed by atoms with van der Waals surface area (Å²) < 4.78 is 0. The first-order valence-corrected chi connectivity index (χ1v) is 5.78. The van der Waals surface area contributed by atoms with E-state index in [2.05, 4.69) is 32.6 Å². The molecule has 0 fully saturated rings. The fraction of sp³-hybridized carbons (Fsp3) is 0.917. The molecule has 0 saturated heterocycles. The molecule has 0 aliphatic rings. The zero-order chi connectivity index (χ0) is 12.0. The van der Waals surface area contributed by atoms with Gasteiger partial charge in [-0.3, -0.25) is 4.79 Å². The van der Waals surface area contributed by atoms with Crippen LogP contribution in [0.25, 0.3) is 0 Å². The Labute approximate surface area is 93.5 Å². The van der Waals surface area contributed by atoms with Crippen molar-refractivity contribution in [3.63, 3.8) is 0 Å². The Balaban J connectivity index is 4.17. The number of carboxylic acid groups (broad SMARTS) is 1. The van der Waals surface area contributed by atoms with Gasteiger partial charge in [0.2, 0.25) is 0 Å². The van der Waals surface area contributed by atoms with E-state index in [1.165, 1.54) is 0 Å². The van der Waals surface area contributed by atoms with Crippen LogP contribution in [0.2, 0.25) is 0 Å². The molecule has 3 heteroatoms. The lowest BCUT2D eigenvalue weighted by Gasteiger charge is -2.27. The highest BCUT2D eigenvalue weighted by Crippen LogP contribution is 2.07. The van der Waals surface area contributed by atoms with Gasteiger partial charge in [0, 0.05) is 19.6 Å². The average Bonchev–Trinajstić information content (AvgIpc) is 2.00. The second-order valence-corrected chi connectivity index (χ2v) is 5.25. The summed E-state index contributed by atoms with van der Waals surface area (Å²) in [4.78, 5) is 13.0. The summed E-state index contributed by atoms with van der Waals surface area (Å²) >= 11 is 0. The van der Waals surface area contributed by atoms with Gasteiger partial charge in [-0.1, -0.05) is 34.6 Å². The van der Waals surface area contributed by atoms with Crippen LogP contribution < -0.4 is 0 Å². The van der Waals surface area contributed by atoms with Crippen LogP contribution >= 0.6 is 0 Å². The van der Waals surface area contributed by atoms with Gasteiger partial charge in [-0.25, -0.2) is 0 Å². The molecule has 0 aliphatic carbocycles. The molecule has 1 atom stereocenters. The summed E-state index contributed by atoms with van der Waals surface area (Å²) in [5, 5.41) is 8.87. The summed E-state index contributed by atoms with van der Waals surface area (Å²) in [6.45, 7) is 13.1. The SMILES string of the molecule is CC(C)CN(CC(C)C)CC(C)C(=O)O. The van der Waals surface area contributed by atoms with Crippen molar-refractivity contribution in [3.05, 3.63) is 0 Å². The molecule has 0 bridgehead atoms. The Morgan fingerprint density at radius 2 is 1.40 bits per heavy atom. The molecular weight excluding hydrogens is 190 g/mol. The summed E-state index contributed by atoms with van der Waals surface area (Å²) in [6.07, 6.45) is 0. The Bertz CT molecular complexity index is 180. The van der Waals surface area contributed by atoms with E-state index in [4.69, 9.17) is 5.11 Å². The summed E-state index contributed by atoms with van der Waals surface area (Å²) in [6, 6.07) is 0. The first-order chi connectivity index (χ1) is 6.82. The highest BCUT2D eigenvalue weighted by atomic mass is 16.4. The molecule has 1 N–H and O–H groups in total. The molecule has 15 heavy (non-hydrogen) atoms. The molecule has 0 aromatic heterocycles. The van der Waals surface area contributed by atoms with Crippen molar-refractivity contribution >= 4 is 5.97 Å². The van der Waals surface area contributed by atoms with Gasteiger partial charge < -0.3 is 10.0 Å². The van der Waals surface area contributed by atoms with Crippen molar-refractivity contribution in [2.24, 2.45) is 17.8 Å². The quantitative estimate of drug-likeness (QED) is 0.708. The van der Waals surface area contributed by atoms with Crippen LogP contribution in [0.4, 0.5) is 0 Å². The van der Waals surface area contributed by atoms with Crippen LogP contribution in [0.3, 0.4) is 0 Å². The van der Waals surface area contributed by atoms with E-state index < -0.39 is 5.97 Å². The molecule has 0 rings (SSSR count). The van der Waals surface area contributed by atoms with Crippen molar-refractivity contribution in [1.29, 1.82) is 0 Å². The molecule has 0 spiro atoms. The second-order valence-electron chi connectivity index (χ2n) is 5.25. The molecule has 0 aliphatic heterocycles. The highest BCUT2D eigenvalue weighted by molar-refractivity contribution is 5.69. The van der Waals surface area contributed by atoms with E-state index in [0.717, 1.165) is 13.1 Å². The van der Waals surface area contributed by atoms with E-state index >= 15 is 0 Å². The average molecular weight is 215 g/mol. The van der Waals surface area contributed by atoms with Crippen molar-refractivity contribution in [1.82, 2.24) is 4.90 Å². The first kappa shape index (κ1) is 14.4. The maximum atomic E-state index is 10.8. The summed E-state index contributed by atoms with van der Waals surface area (Å²) in [5.41, 5.74) is 0. The van der Waals surface area contributed by atoms with E-state index in [-0.39, 0.29) is 5.92 Å². The van der Waals surface area contributed by atoms with Gasteiger partial charge in [0.05, 0.1) is 5.92 Å². The number of aliphatic carboxylic acids is 1. The number of carbonyl (C=O) groups is 1. The van der Waals surface area contributed by atoms with Crippen LogP contribution in [0.15, 0.2) is 0 Å². The molecule has 0 radical (unpaired) electrons. The second kappa shape index (κ2) is 6.83. The lowest BCUT2D eigenvalue weighted by atomic mass is 10.1. The van der Waals surface area contributed by atoms with Gasteiger partial charge in [0.1, 0.15) is 0 Å². The predicted octanol–water partition coefficient (Wildman–Crippen LogP) is 2.32. The van der Waals surface area contributed by atoms with Crippen LogP contribution in [-0.4, -0.2) is 35.6 Å². The van der Waals surface area contributed by atoms with E-state index in [0.29, 0.717) is 18.4 Å². The standard InChI is InChI=1S/C12H25NO2/c1-9(2)6-13(7-10(3)4)8-11(5)12(14)15/h9-11H,6-8H2,1-5H3,(H,14,15). The minimum atomic E-state index is -0.701. The van der Waals surface area contributed by atoms with Crippen LogP contribution in [0, 0.1) is 17.8 Å². The number of hydrogen-bond acceptors (Lipinski definition) is 2. The summed E-state index contributed by atoms with van der Waals surface area (Å²) in [5.74, 6) is 0.199. The van der Waals surface area contributed by atoms with Crippen molar-refractivity contribution in [2.75, 3.05) is 19.6 Å². The minimum absolute atomic E-state index is 0.275. The third-order valence-electron chi connectivity index (χ3n) is 2.20. The third kappa shape index (κ3) is 7.37. The molecule has 0 saturated carbocycles. The topological polar surface area (TPSA) is 40.5 Å². The molecule has 0 heterocycles. The molecule has 0 aromatic rings. The highest BCUT2D eigenvalue weighted by Gasteiger charge is 2.17. The molecule has 90 valence electrons. The normalized spacial score (nSPS) is 13.9. The molecular formula is C12H25NO2. The molecule has 0 amide bonds. The van der Waals surface area contributed by atoms with Crippen LogP contribution in [-0.2, 0) is 4.79 Å². The van der Waals surface area contributed by atoms with Crippen LogP contribution in [0.5, 0.6) is 0 Å². The fourth-order valence-electron chi connectivity index (χ4n) is 1.72. The van der Waals surface area contributed by atoms with Crippen LogP contribution in [0.1, 0.15) is 34.6 Å². The number of hydrogen-bond donors (Lipinski definition) is 1. The Hall–Kier alpha value is -0.570. The van der Waals surface area contributed by atoms with Gasteiger partial charge in [-0.05, 0) is 11.8 Å². The fourth-order valence-corrected chi connectivity index (χ4v) is 1.72. The van der Waals surface area contributed by atoms with Gasteiger partial charge in [-0.2, -0.15) is 0 Å². The molecule has 1 unspecified atom stereocenters. The minimum Gasteiger partial charge on any atom is -0.481 e. The summed E-state index contributed by atoms with van der Waals surface area (Å²) in [7, 11) is 0. The maximum absolute atomic E-state index is 10.8. The number of nitrogens with zero attached hydrogens (tertiary/aromatic N) is 1. The zero-order valence-electron chi connectivity index (χ0n) is 10.7. The predicted molar refractivity (Wildman–Crippen MR) is 62.9 cm³/mol. The lowest BCUT2D eigenvalue weighted by molar-refractivity contribution is -0.141. The monoisotopic (exact) mass is 215 g/mol. The Morgan fingerprint density at radius 1 is 1.00 bits per heavy atom. The van der Waals surface area contributed by atoms with Gasteiger partial charge in [0.15, 0.2) is 0 Å². The van der Waals surface area contributed by atoms with Crippen molar-refractivity contribution < 1.29 is 9.90 Å². The number of rotatable bonds is 7.